The Morgan fingerprint density at radius 3 is 2.70 bits per heavy atom. The van der Waals surface area contributed by atoms with E-state index in [0.717, 1.165) is 55.2 Å². The predicted octanol–water partition coefficient (Wildman–Crippen LogP) is 4.26. The van der Waals surface area contributed by atoms with E-state index in [9.17, 15) is 13.2 Å². The summed E-state index contributed by atoms with van der Waals surface area (Å²) in [7, 11) is 2.03. The molecule has 2 aliphatic rings. The van der Waals surface area contributed by atoms with E-state index >= 15 is 0 Å². The van der Waals surface area contributed by atoms with Crippen LogP contribution in [0.15, 0.2) is 30.7 Å². The van der Waals surface area contributed by atoms with E-state index in [1.807, 2.05) is 13.2 Å². The molecule has 0 bridgehead atoms. The van der Waals surface area contributed by atoms with Crippen molar-refractivity contribution in [2.24, 2.45) is 0 Å². The van der Waals surface area contributed by atoms with Gasteiger partial charge in [0, 0.05) is 48.4 Å². The molecule has 0 radical (unpaired) electrons. The number of halogens is 3. The third kappa shape index (κ3) is 3.49. The van der Waals surface area contributed by atoms with E-state index in [4.69, 9.17) is 9.97 Å². The first-order valence-corrected chi connectivity index (χ1v) is 11.0. The van der Waals surface area contributed by atoms with Crippen molar-refractivity contribution in [1.29, 1.82) is 0 Å². The number of alkyl halides is 3. The van der Waals surface area contributed by atoms with Gasteiger partial charge in [-0.25, -0.2) is 15.0 Å². The molecular formula is C23H22F3N7. The highest BCUT2D eigenvalue weighted by molar-refractivity contribution is 5.97. The fraction of sp³-hybridized carbons (Fsp3) is 0.391. The molecule has 2 N–H and O–H groups in total. The molecule has 1 atom stereocenters. The second-order valence-corrected chi connectivity index (χ2v) is 8.83. The van der Waals surface area contributed by atoms with Crippen LogP contribution >= 0.6 is 0 Å². The summed E-state index contributed by atoms with van der Waals surface area (Å²) in [6.07, 6.45) is 3.83. The molecule has 6 rings (SSSR count). The largest absolute Gasteiger partial charge is 0.431 e. The van der Waals surface area contributed by atoms with Crippen LogP contribution in [0.4, 0.5) is 19.0 Å². The lowest BCUT2D eigenvalue weighted by Gasteiger charge is -2.27. The first kappa shape index (κ1) is 20.3. The van der Waals surface area contributed by atoms with Gasteiger partial charge in [-0.15, -0.1) is 0 Å². The maximum atomic E-state index is 13.3. The van der Waals surface area contributed by atoms with Gasteiger partial charge < -0.3 is 15.2 Å². The van der Waals surface area contributed by atoms with Crippen molar-refractivity contribution < 1.29 is 13.2 Å². The average molecular weight is 453 g/mol. The molecule has 4 aromatic heterocycles. The van der Waals surface area contributed by atoms with Crippen molar-refractivity contribution >= 4 is 27.8 Å². The van der Waals surface area contributed by atoms with Crippen molar-refractivity contribution in [2.75, 3.05) is 25.0 Å². The standard InChI is InChI=1S/C23H22F3N7/c1-33(13-4-6-27-9-13)22-19-16(12-2-3-12)10-28-11-17(19)30-21(32-22)14-5-7-29-20-15(14)8-18(31-20)23(24,25)26/h5,7-8,10-13,27H,2-4,6,9H2,1H3,(H,29,31)/t13-/m1/s1. The maximum Gasteiger partial charge on any atom is 0.431 e. The Labute approximate surface area is 187 Å². The van der Waals surface area contributed by atoms with Gasteiger partial charge in [0.1, 0.15) is 17.2 Å². The Bertz CT molecular complexity index is 1350. The average Bonchev–Trinajstić information content (AvgIpc) is 3.30. The molecule has 1 aliphatic heterocycles. The third-order valence-corrected chi connectivity index (χ3v) is 6.63. The summed E-state index contributed by atoms with van der Waals surface area (Å²) in [6, 6.07) is 3.02. The quantitative estimate of drug-likeness (QED) is 0.481. The van der Waals surface area contributed by atoms with Crippen molar-refractivity contribution in [2.45, 2.75) is 37.4 Å². The summed E-state index contributed by atoms with van der Waals surface area (Å²) in [5, 5.41) is 4.72. The molecule has 1 aliphatic carbocycles. The SMILES string of the molecule is CN(c1nc(-c2ccnc3[nH]c(C(F)(F)F)cc23)nc2cncc(C3CC3)c12)[C@@H]1CCNC1. The number of fused-ring (bicyclic) bond motifs is 2. The molecule has 7 nitrogen and oxygen atoms in total. The highest BCUT2D eigenvalue weighted by Gasteiger charge is 2.34. The summed E-state index contributed by atoms with van der Waals surface area (Å²) in [5.74, 6) is 1.62. The Balaban J connectivity index is 1.58. The summed E-state index contributed by atoms with van der Waals surface area (Å²) < 4.78 is 40.0. The fourth-order valence-corrected chi connectivity index (χ4v) is 4.69. The molecule has 0 aromatic carbocycles. The number of aromatic amines is 1. The lowest BCUT2D eigenvalue weighted by atomic mass is 10.1. The fourth-order valence-electron chi connectivity index (χ4n) is 4.69. The van der Waals surface area contributed by atoms with Crippen molar-refractivity contribution in [3.8, 4) is 11.4 Å². The highest BCUT2D eigenvalue weighted by Crippen LogP contribution is 2.45. The van der Waals surface area contributed by atoms with Gasteiger partial charge in [-0.3, -0.25) is 4.98 Å². The van der Waals surface area contributed by atoms with Crippen molar-refractivity contribution in [1.82, 2.24) is 30.2 Å². The number of nitrogens with one attached hydrogen (secondary N) is 2. The lowest BCUT2D eigenvalue weighted by molar-refractivity contribution is -0.140. The number of pyridine rings is 2. The Morgan fingerprint density at radius 1 is 1.12 bits per heavy atom. The molecule has 0 spiro atoms. The minimum atomic E-state index is -4.49. The number of anilines is 1. The number of rotatable bonds is 4. The van der Waals surface area contributed by atoms with E-state index in [-0.39, 0.29) is 11.7 Å². The van der Waals surface area contributed by atoms with Crippen LogP contribution in [0.1, 0.15) is 36.4 Å². The molecule has 0 amide bonds. The molecule has 5 heterocycles. The third-order valence-electron chi connectivity index (χ3n) is 6.63. The summed E-state index contributed by atoms with van der Waals surface area (Å²) >= 11 is 0. The van der Waals surface area contributed by atoms with Crippen molar-refractivity contribution in [3.63, 3.8) is 0 Å². The van der Waals surface area contributed by atoms with Gasteiger partial charge in [0.15, 0.2) is 5.82 Å². The molecule has 170 valence electrons. The zero-order chi connectivity index (χ0) is 22.7. The second kappa shape index (κ2) is 7.38. The zero-order valence-electron chi connectivity index (χ0n) is 17.9. The molecule has 4 aromatic rings. The minimum absolute atomic E-state index is 0.156. The van der Waals surface area contributed by atoms with E-state index in [1.54, 1.807) is 12.3 Å². The van der Waals surface area contributed by atoms with Crippen LogP contribution in [0, 0.1) is 0 Å². The molecular weight excluding hydrogens is 431 g/mol. The molecule has 33 heavy (non-hydrogen) atoms. The summed E-state index contributed by atoms with van der Waals surface area (Å²) in [4.78, 5) is 22.8. The van der Waals surface area contributed by atoms with Crippen LogP contribution in [0.5, 0.6) is 0 Å². The van der Waals surface area contributed by atoms with E-state index < -0.39 is 11.9 Å². The molecule has 2 fully saturated rings. The summed E-state index contributed by atoms with van der Waals surface area (Å²) in [5.41, 5.74) is 1.67. The Hall–Kier alpha value is -3.27. The number of H-pyrrole nitrogens is 1. The molecule has 1 saturated heterocycles. The van der Waals surface area contributed by atoms with Crippen LogP contribution in [0.2, 0.25) is 0 Å². The number of hydrogen-bond donors (Lipinski definition) is 2. The summed E-state index contributed by atoms with van der Waals surface area (Å²) in [6.45, 7) is 1.80. The molecule has 0 unspecified atom stereocenters. The number of nitrogens with zero attached hydrogens (tertiary/aromatic N) is 5. The number of aromatic nitrogens is 5. The lowest BCUT2D eigenvalue weighted by Crippen LogP contribution is -2.34. The van der Waals surface area contributed by atoms with Crippen molar-refractivity contribution in [3.05, 3.63) is 42.0 Å². The van der Waals surface area contributed by atoms with Gasteiger partial charge in [-0.2, -0.15) is 13.2 Å². The van der Waals surface area contributed by atoms with Gasteiger partial charge in [-0.1, -0.05) is 0 Å². The monoisotopic (exact) mass is 453 g/mol. The zero-order valence-corrected chi connectivity index (χ0v) is 17.9. The topological polar surface area (TPSA) is 82.6 Å². The molecule has 10 heteroatoms. The number of hydrogen-bond acceptors (Lipinski definition) is 6. The predicted molar refractivity (Wildman–Crippen MR) is 119 cm³/mol. The van der Waals surface area contributed by atoms with Gasteiger partial charge in [-0.05, 0) is 49.4 Å². The van der Waals surface area contributed by atoms with Crippen LogP contribution < -0.4 is 10.2 Å². The minimum Gasteiger partial charge on any atom is -0.355 e. The van der Waals surface area contributed by atoms with E-state index in [1.165, 1.54) is 6.20 Å². The highest BCUT2D eigenvalue weighted by atomic mass is 19.4. The van der Waals surface area contributed by atoms with Gasteiger partial charge in [0.05, 0.1) is 11.7 Å². The van der Waals surface area contributed by atoms with Crippen LogP contribution in [-0.2, 0) is 6.18 Å². The first-order valence-electron chi connectivity index (χ1n) is 11.0. The van der Waals surface area contributed by atoms with Gasteiger partial charge >= 0.3 is 6.18 Å². The van der Waals surface area contributed by atoms with E-state index in [2.05, 4.69) is 25.2 Å². The van der Waals surface area contributed by atoms with Gasteiger partial charge in [0.2, 0.25) is 0 Å². The van der Waals surface area contributed by atoms with E-state index in [0.29, 0.717) is 28.2 Å². The smallest absolute Gasteiger partial charge is 0.355 e. The van der Waals surface area contributed by atoms with Crippen LogP contribution in [0.3, 0.4) is 0 Å². The van der Waals surface area contributed by atoms with Crippen LogP contribution in [0.25, 0.3) is 33.3 Å². The van der Waals surface area contributed by atoms with Crippen LogP contribution in [-0.4, -0.2) is 51.1 Å². The maximum absolute atomic E-state index is 13.3. The Morgan fingerprint density at radius 2 is 1.97 bits per heavy atom. The Kier molecular flexibility index (Phi) is 4.55. The normalized spacial score (nSPS) is 19.0. The second-order valence-electron chi connectivity index (χ2n) is 8.83. The molecule has 1 saturated carbocycles. The first-order chi connectivity index (χ1) is 15.9. The van der Waals surface area contributed by atoms with Gasteiger partial charge in [0.25, 0.3) is 0 Å². The number of likely N-dealkylation sites (N-methyl/N-ethyl adjacent to an activating group) is 1.